The molecule has 0 spiro atoms. The molecular formula is C34H31FN4O3. The summed E-state index contributed by atoms with van der Waals surface area (Å²) in [5.41, 5.74) is 11.3. The second kappa shape index (κ2) is 9.98. The van der Waals surface area contributed by atoms with Crippen LogP contribution in [-0.2, 0) is 31.1 Å². The van der Waals surface area contributed by atoms with Gasteiger partial charge in [-0.05, 0) is 97.3 Å². The van der Waals surface area contributed by atoms with Gasteiger partial charge in [0.1, 0.15) is 5.65 Å². The molecule has 0 amide bonds. The van der Waals surface area contributed by atoms with Crippen molar-refractivity contribution in [1.82, 2.24) is 14.5 Å². The summed E-state index contributed by atoms with van der Waals surface area (Å²) in [4.78, 5) is 21.6. The molecule has 42 heavy (non-hydrogen) atoms. The van der Waals surface area contributed by atoms with Crippen LogP contribution in [0.15, 0.2) is 48.7 Å². The summed E-state index contributed by atoms with van der Waals surface area (Å²) in [6, 6.07) is 14.0. The Labute approximate surface area is 243 Å². The van der Waals surface area contributed by atoms with Crippen molar-refractivity contribution in [3.8, 4) is 39.4 Å². The molecule has 5 heterocycles. The summed E-state index contributed by atoms with van der Waals surface area (Å²) in [5, 5.41) is 14.0. The standard InChI is InChI=1S/C34H31FN4O3/c1-18-23-5-4-12-42-33(23)27(35)15-24(18)32-25(17-31(40)41)19(2)38-34-26(32)16-30(39(34)3)22-9-11-37-29(14-22)20-6-7-28-21(13-20)8-10-36-28/h6-7,9,11,13-16,36H,4-5,8,10,12,17H2,1-3H3,(H,40,41). The molecule has 0 saturated heterocycles. The largest absolute Gasteiger partial charge is 0.490 e. The minimum absolute atomic E-state index is 0.213. The molecule has 7 nitrogen and oxygen atoms in total. The third-order valence-corrected chi connectivity index (χ3v) is 8.68. The van der Waals surface area contributed by atoms with E-state index in [1.54, 1.807) is 0 Å². The first-order chi connectivity index (χ1) is 20.3. The van der Waals surface area contributed by atoms with Crippen LogP contribution in [0.1, 0.15) is 34.4 Å². The van der Waals surface area contributed by atoms with E-state index in [1.165, 1.54) is 17.3 Å². The van der Waals surface area contributed by atoms with Crippen molar-refractivity contribution >= 4 is 22.7 Å². The molecule has 0 radical (unpaired) electrons. The van der Waals surface area contributed by atoms with Gasteiger partial charge >= 0.3 is 5.97 Å². The smallest absolute Gasteiger partial charge is 0.307 e. The van der Waals surface area contributed by atoms with Gasteiger partial charge in [0.15, 0.2) is 11.6 Å². The number of halogens is 1. The van der Waals surface area contributed by atoms with E-state index in [2.05, 4.69) is 34.6 Å². The lowest BCUT2D eigenvalue weighted by atomic mass is 9.87. The molecule has 5 aromatic rings. The average Bonchev–Trinajstić information content (AvgIpc) is 3.59. The van der Waals surface area contributed by atoms with Crippen LogP contribution >= 0.6 is 0 Å². The molecule has 2 aliphatic rings. The highest BCUT2D eigenvalue weighted by Gasteiger charge is 2.26. The Morgan fingerprint density at radius 2 is 1.98 bits per heavy atom. The van der Waals surface area contributed by atoms with Crippen LogP contribution in [0.5, 0.6) is 5.75 Å². The van der Waals surface area contributed by atoms with Crippen molar-refractivity contribution < 1.29 is 19.0 Å². The number of carboxylic acids is 1. The molecule has 7 rings (SSSR count). The Hall–Kier alpha value is -4.72. The zero-order chi connectivity index (χ0) is 29.1. The molecule has 2 N–H and O–H groups in total. The van der Waals surface area contributed by atoms with Crippen LogP contribution in [0, 0.1) is 19.7 Å². The number of benzene rings is 2. The average molecular weight is 563 g/mol. The third kappa shape index (κ3) is 4.21. The zero-order valence-corrected chi connectivity index (χ0v) is 23.8. The van der Waals surface area contributed by atoms with Crippen molar-refractivity contribution in [2.24, 2.45) is 7.05 Å². The lowest BCUT2D eigenvalue weighted by molar-refractivity contribution is -0.136. The second-order valence-electron chi connectivity index (χ2n) is 11.2. The number of aryl methyl sites for hydroxylation is 2. The number of hydrogen-bond acceptors (Lipinski definition) is 5. The molecule has 2 aromatic carbocycles. The quantitative estimate of drug-likeness (QED) is 0.250. The normalized spacial score (nSPS) is 13.9. The number of carbonyl (C=O) groups is 1. The lowest BCUT2D eigenvalue weighted by Gasteiger charge is -2.23. The van der Waals surface area contributed by atoms with Crippen LogP contribution in [0.3, 0.4) is 0 Å². The van der Waals surface area contributed by atoms with Crippen LogP contribution in [-0.4, -0.2) is 38.8 Å². The first kappa shape index (κ1) is 26.2. The number of anilines is 1. The Bertz CT molecular complexity index is 1930. The Morgan fingerprint density at radius 1 is 1.12 bits per heavy atom. The van der Waals surface area contributed by atoms with E-state index in [4.69, 9.17) is 9.72 Å². The number of pyridine rings is 2. The predicted octanol–water partition coefficient (Wildman–Crippen LogP) is 6.65. The molecule has 0 aliphatic carbocycles. The number of nitrogens with one attached hydrogen (secondary N) is 1. The second-order valence-corrected chi connectivity index (χ2v) is 11.2. The first-order valence-electron chi connectivity index (χ1n) is 14.3. The van der Waals surface area contributed by atoms with Gasteiger partial charge in [0.25, 0.3) is 0 Å². The van der Waals surface area contributed by atoms with Crippen molar-refractivity contribution in [2.45, 2.75) is 39.5 Å². The number of rotatable bonds is 5. The molecular weight excluding hydrogens is 531 g/mol. The molecule has 0 bridgehead atoms. The summed E-state index contributed by atoms with van der Waals surface area (Å²) in [5.74, 6) is -1.07. The maximum absolute atomic E-state index is 15.5. The fourth-order valence-corrected chi connectivity index (χ4v) is 6.56. The minimum Gasteiger partial charge on any atom is -0.490 e. The van der Waals surface area contributed by atoms with E-state index in [0.29, 0.717) is 46.8 Å². The van der Waals surface area contributed by atoms with Gasteiger partial charge in [0, 0.05) is 53.2 Å². The number of aromatic nitrogens is 3. The van der Waals surface area contributed by atoms with E-state index in [-0.39, 0.29) is 6.42 Å². The summed E-state index contributed by atoms with van der Waals surface area (Å²) < 4.78 is 23.2. The molecule has 0 fully saturated rings. The summed E-state index contributed by atoms with van der Waals surface area (Å²) in [7, 11) is 1.96. The molecule has 2 aliphatic heterocycles. The number of fused-ring (bicyclic) bond motifs is 3. The van der Waals surface area contributed by atoms with Gasteiger partial charge in [-0.3, -0.25) is 9.78 Å². The highest BCUT2D eigenvalue weighted by Crippen LogP contribution is 2.43. The van der Waals surface area contributed by atoms with Crippen molar-refractivity contribution in [2.75, 3.05) is 18.5 Å². The van der Waals surface area contributed by atoms with Crippen molar-refractivity contribution in [3.05, 3.63) is 82.4 Å². The maximum Gasteiger partial charge on any atom is 0.307 e. The van der Waals surface area contributed by atoms with Gasteiger partial charge in [0.05, 0.1) is 24.4 Å². The molecule has 0 saturated carbocycles. The monoisotopic (exact) mass is 562 g/mol. The summed E-state index contributed by atoms with van der Waals surface area (Å²) in [6.07, 6.45) is 4.12. The van der Waals surface area contributed by atoms with Crippen LogP contribution in [0.4, 0.5) is 10.1 Å². The number of carboxylic acid groups (broad SMARTS) is 1. The van der Waals surface area contributed by atoms with Crippen LogP contribution in [0.25, 0.3) is 44.7 Å². The van der Waals surface area contributed by atoms with Crippen molar-refractivity contribution in [3.63, 3.8) is 0 Å². The Morgan fingerprint density at radius 3 is 2.81 bits per heavy atom. The first-order valence-corrected chi connectivity index (χ1v) is 14.3. The molecule has 8 heteroatoms. The van der Waals surface area contributed by atoms with Gasteiger partial charge in [-0.25, -0.2) is 9.37 Å². The van der Waals surface area contributed by atoms with E-state index < -0.39 is 11.8 Å². The minimum atomic E-state index is -0.959. The van der Waals surface area contributed by atoms with Gasteiger partial charge in [-0.2, -0.15) is 0 Å². The highest BCUT2D eigenvalue weighted by atomic mass is 19.1. The third-order valence-electron chi connectivity index (χ3n) is 8.68. The van der Waals surface area contributed by atoms with Crippen LogP contribution < -0.4 is 10.1 Å². The topological polar surface area (TPSA) is 89.3 Å². The summed E-state index contributed by atoms with van der Waals surface area (Å²) >= 11 is 0. The fraction of sp³-hybridized carbons (Fsp3) is 0.265. The molecule has 212 valence electrons. The molecule has 0 unspecified atom stereocenters. The number of nitrogens with zero attached hydrogens (tertiary/aromatic N) is 3. The highest BCUT2D eigenvalue weighted by molar-refractivity contribution is 6.01. The number of ether oxygens (including phenoxy) is 1. The predicted molar refractivity (Wildman–Crippen MR) is 162 cm³/mol. The SMILES string of the molecule is Cc1nc2c(cc(-c3ccnc(-c4ccc5c(c4)CCN5)c3)n2C)c(-c2cc(F)c3c(c2C)CCCO3)c1CC(=O)O. The number of aliphatic carboxylic acids is 1. The van der Waals surface area contributed by atoms with Gasteiger partial charge in [0.2, 0.25) is 0 Å². The maximum atomic E-state index is 15.5. The van der Waals surface area contributed by atoms with E-state index in [0.717, 1.165) is 58.4 Å². The van der Waals surface area contributed by atoms with Gasteiger partial charge in [-0.15, -0.1) is 0 Å². The molecule has 3 aromatic heterocycles. The van der Waals surface area contributed by atoms with Gasteiger partial charge < -0.3 is 19.7 Å². The zero-order valence-electron chi connectivity index (χ0n) is 23.8. The number of hydrogen-bond donors (Lipinski definition) is 2. The van der Waals surface area contributed by atoms with E-state index in [1.807, 2.05) is 43.8 Å². The Balaban J connectivity index is 1.44. The van der Waals surface area contributed by atoms with Crippen LogP contribution in [0.2, 0.25) is 0 Å². The van der Waals surface area contributed by atoms with E-state index >= 15 is 4.39 Å². The lowest BCUT2D eigenvalue weighted by Crippen LogP contribution is -2.13. The molecule has 0 atom stereocenters. The fourth-order valence-electron chi connectivity index (χ4n) is 6.56. The van der Waals surface area contributed by atoms with Gasteiger partial charge in [-0.1, -0.05) is 6.07 Å². The van der Waals surface area contributed by atoms with Crippen molar-refractivity contribution in [1.29, 1.82) is 0 Å². The van der Waals surface area contributed by atoms with E-state index in [9.17, 15) is 9.90 Å². The summed E-state index contributed by atoms with van der Waals surface area (Å²) in [6.45, 7) is 5.24. The Kier molecular flexibility index (Phi) is 6.22.